The highest BCUT2D eigenvalue weighted by Gasteiger charge is 2.21. The van der Waals surface area contributed by atoms with Crippen LogP contribution in [0.5, 0.6) is 0 Å². The minimum Gasteiger partial charge on any atom is -0.303 e. The summed E-state index contributed by atoms with van der Waals surface area (Å²) in [4.78, 5) is 13.5. The molecule has 1 fully saturated rings. The summed E-state index contributed by atoms with van der Waals surface area (Å²) in [7, 11) is 0. The van der Waals surface area contributed by atoms with E-state index in [0.717, 1.165) is 12.8 Å². The van der Waals surface area contributed by atoms with Crippen LogP contribution >= 0.6 is 0 Å². The second-order valence-corrected chi connectivity index (χ2v) is 7.88. The number of piperidine rings is 1. The lowest BCUT2D eigenvalue weighted by atomic mass is 9.98. The van der Waals surface area contributed by atoms with Gasteiger partial charge < -0.3 is 9.69 Å². The van der Waals surface area contributed by atoms with Gasteiger partial charge in [0.25, 0.3) is 0 Å². The first-order valence-corrected chi connectivity index (χ1v) is 10.4. The van der Waals surface area contributed by atoms with Gasteiger partial charge in [0.05, 0.1) is 12.2 Å². The van der Waals surface area contributed by atoms with Gasteiger partial charge in [0.2, 0.25) is 0 Å². The van der Waals surface area contributed by atoms with Crippen molar-refractivity contribution in [2.24, 2.45) is 0 Å². The molecule has 0 radical (unpaired) electrons. The highest BCUT2D eigenvalue weighted by atomic mass is 16.1. The number of unbranched alkanes of at least 4 members (excludes halogenated alkanes) is 3. The molecule has 1 saturated heterocycles. The number of carbonyl (C=O) groups is 1. The Hall–Kier alpha value is -1.16. The van der Waals surface area contributed by atoms with Crippen LogP contribution in [0.25, 0.3) is 0 Å². The second kappa shape index (κ2) is 10.7. The predicted molar refractivity (Wildman–Crippen MR) is 104 cm³/mol. The van der Waals surface area contributed by atoms with Crippen LogP contribution in [0, 0.1) is 0 Å². The van der Waals surface area contributed by atoms with Crippen LogP contribution in [0.2, 0.25) is 0 Å². The molecule has 0 bridgehead atoms. The molecular weight excluding hydrogens is 310 g/mol. The molecule has 1 aromatic heterocycles. The summed E-state index contributed by atoms with van der Waals surface area (Å²) >= 11 is 0. The zero-order chi connectivity index (χ0) is 18.1. The van der Waals surface area contributed by atoms with E-state index in [1.807, 2.05) is 0 Å². The molecule has 142 valence electrons. The molecule has 1 aromatic rings. The van der Waals surface area contributed by atoms with Crippen molar-refractivity contribution in [3.8, 4) is 0 Å². The molecular formula is C21H37N3O. The number of nitrogens with zero attached hydrogens (tertiary/aromatic N) is 3. The van der Waals surface area contributed by atoms with E-state index in [9.17, 15) is 4.79 Å². The Labute approximate surface area is 154 Å². The Bertz CT molecular complexity index is 503. The van der Waals surface area contributed by atoms with Crippen LogP contribution in [0.4, 0.5) is 0 Å². The van der Waals surface area contributed by atoms with E-state index in [4.69, 9.17) is 0 Å². The summed E-state index contributed by atoms with van der Waals surface area (Å²) < 4.78 is 2.22. The minimum atomic E-state index is 0.323. The monoisotopic (exact) mass is 347 g/mol. The van der Waals surface area contributed by atoms with Crippen LogP contribution in [0.3, 0.4) is 0 Å². The van der Waals surface area contributed by atoms with Gasteiger partial charge >= 0.3 is 0 Å². The van der Waals surface area contributed by atoms with Gasteiger partial charge in [-0.15, -0.1) is 0 Å². The molecule has 1 unspecified atom stereocenters. The molecule has 0 amide bonds. The number of hydrogen-bond donors (Lipinski definition) is 0. The third kappa shape index (κ3) is 6.93. The van der Waals surface area contributed by atoms with Crippen molar-refractivity contribution in [1.29, 1.82) is 0 Å². The third-order valence-electron chi connectivity index (χ3n) is 5.62. The summed E-state index contributed by atoms with van der Waals surface area (Å²) in [5.74, 6) is 0.951. The Morgan fingerprint density at radius 3 is 2.68 bits per heavy atom. The fourth-order valence-corrected chi connectivity index (χ4v) is 3.78. The maximum absolute atomic E-state index is 11.0. The number of carbonyl (C=O) groups excluding carboxylic acids is 1. The van der Waals surface area contributed by atoms with E-state index in [1.165, 1.54) is 70.1 Å². The first kappa shape index (κ1) is 20.2. The molecule has 0 aromatic carbocycles. The maximum atomic E-state index is 11.0. The van der Waals surface area contributed by atoms with Crippen molar-refractivity contribution >= 4 is 5.78 Å². The first-order valence-electron chi connectivity index (χ1n) is 10.4. The van der Waals surface area contributed by atoms with E-state index in [1.54, 1.807) is 6.92 Å². The molecule has 2 heterocycles. The van der Waals surface area contributed by atoms with Gasteiger partial charge in [0.15, 0.2) is 0 Å². The molecule has 0 N–H and O–H groups in total. The standard InChI is InChI=1S/C21H37N3O/c1-4-5-9-18(2)20-16-22-24(17-20)21-11-14-23(15-12-21)13-8-6-7-10-19(3)25/h16-18,21H,4-15H2,1-3H3. The Morgan fingerprint density at radius 2 is 2.00 bits per heavy atom. The second-order valence-electron chi connectivity index (χ2n) is 7.88. The molecule has 2 rings (SSSR count). The number of rotatable bonds is 11. The molecule has 0 saturated carbocycles. The van der Waals surface area contributed by atoms with Crippen molar-refractivity contribution < 1.29 is 4.79 Å². The Balaban J connectivity index is 1.68. The molecule has 0 aliphatic carbocycles. The first-order chi connectivity index (χ1) is 12.1. The number of aromatic nitrogens is 2. The van der Waals surface area contributed by atoms with Crippen molar-refractivity contribution in [3.63, 3.8) is 0 Å². The lowest BCUT2D eigenvalue weighted by Crippen LogP contribution is -2.35. The molecule has 4 nitrogen and oxygen atoms in total. The van der Waals surface area contributed by atoms with E-state index in [-0.39, 0.29) is 0 Å². The van der Waals surface area contributed by atoms with Gasteiger partial charge in [-0.3, -0.25) is 4.68 Å². The van der Waals surface area contributed by atoms with Crippen molar-refractivity contribution in [2.75, 3.05) is 19.6 Å². The van der Waals surface area contributed by atoms with E-state index < -0.39 is 0 Å². The molecule has 1 atom stereocenters. The van der Waals surface area contributed by atoms with Gasteiger partial charge in [-0.25, -0.2) is 0 Å². The molecule has 4 heteroatoms. The smallest absolute Gasteiger partial charge is 0.129 e. The Morgan fingerprint density at radius 1 is 1.24 bits per heavy atom. The van der Waals surface area contributed by atoms with Crippen molar-refractivity contribution in [2.45, 2.75) is 90.5 Å². The number of ketones is 1. The molecule has 1 aliphatic heterocycles. The van der Waals surface area contributed by atoms with Gasteiger partial charge in [-0.1, -0.05) is 33.1 Å². The Kier molecular flexibility index (Phi) is 8.66. The fourth-order valence-electron chi connectivity index (χ4n) is 3.78. The summed E-state index contributed by atoms with van der Waals surface area (Å²) in [5, 5.41) is 4.66. The summed E-state index contributed by atoms with van der Waals surface area (Å²) in [6.45, 7) is 9.81. The summed E-state index contributed by atoms with van der Waals surface area (Å²) in [6, 6.07) is 0.570. The zero-order valence-corrected chi connectivity index (χ0v) is 16.5. The van der Waals surface area contributed by atoms with E-state index in [2.05, 4.69) is 40.9 Å². The van der Waals surface area contributed by atoms with Crippen LogP contribution in [0.1, 0.15) is 96.1 Å². The number of Topliss-reactive ketones (excluding diaryl/α,β-unsaturated/α-hetero) is 1. The maximum Gasteiger partial charge on any atom is 0.129 e. The minimum absolute atomic E-state index is 0.323. The normalized spacial score (nSPS) is 17.7. The zero-order valence-electron chi connectivity index (χ0n) is 16.5. The summed E-state index contributed by atoms with van der Waals surface area (Å²) in [5.41, 5.74) is 1.40. The van der Waals surface area contributed by atoms with E-state index in [0.29, 0.717) is 17.7 Å². The van der Waals surface area contributed by atoms with Crippen LogP contribution in [-0.4, -0.2) is 40.1 Å². The van der Waals surface area contributed by atoms with Gasteiger partial charge in [0.1, 0.15) is 5.78 Å². The SMILES string of the molecule is CCCCC(C)c1cnn(C2CCN(CCCCCC(C)=O)CC2)c1. The van der Waals surface area contributed by atoms with Gasteiger partial charge in [-0.2, -0.15) is 5.10 Å². The highest BCUT2D eigenvalue weighted by Crippen LogP contribution is 2.26. The quantitative estimate of drug-likeness (QED) is 0.531. The van der Waals surface area contributed by atoms with Crippen molar-refractivity contribution in [3.05, 3.63) is 18.0 Å². The molecule has 25 heavy (non-hydrogen) atoms. The predicted octanol–water partition coefficient (Wildman–Crippen LogP) is 4.96. The molecule has 1 aliphatic rings. The lowest BCUT2D eigenvalue weighted by molar-refractivity contribution is -0.117. The van der Waals surface area contributed by atoms with Gasteiger partial charge in [-0.05, 0) is 57.1 Å². The van der Waals surface area contributed by atoms with E-state index >= 15 is 0 Å². The highest BCUT2D eigenvalue weighted by molar-refractivity contribution is 5.75. The average Bonchev–Trinajstić information content (AvgIpc) is 3.10. The lowest BCUT2D eigenvalue weighted by Gasteiger charge is -2.32. The topological polar surface area (TPSA) is 38.1 Å². The van der Waals surface area contributed by atoms with Crippen LogP contribution < -0.4 is 0 Å². The molecule has 0 spiro atoms. The van der Waals surface area contributed by atoms with Crippen LogP contribution in [-0.2, 0) is 4.79 Å². The fraction of sp³-hybridized carbons (Fsp3) is 0.810. The number of hydrogen-bond acceptors (Lipinski definition) is 3. The number of likely N-dealkylation sites (tertiary alicyclic amines) is 1. The van der Waals surface area contributed by atoms with Crippen LogP contribution in [0.15, 0.2) is 12.4 Å². The summed E-state index contributed by atoms with van der Waals surface area (Å²) in [6.07, 6.45) is 14.8. The third-order valence-corrected chi connectivity index (χ3v) is 5.62. The van der Waals surface area contributed by atoms with Crippen molar-refractivity contribution in [1.82, 2.24) is 14.7 Å². The average molecular weight is 348 g/mol. The largest absolute Gasteiger partial charge is 0.303 e. The van der Waals surface area contributed by atoms with Gasteiger partial charge in [0, 0.05) is 25.7 Å².